The number of hydrogen-bond donors (Lipinski definition) is 1. The van der Waals surface area contributed by atoms with Crippen LogP contribution in [0.5, 0.6) is 0 Å². The van der Waals surface area contributed by atoms with Gasteiger partial charge in [0.15, 0.2) is 0 Å². The molecule has 0 aliphatic carbocycles. The number of piperidine rings is 1. The number of benzene rings is 1. The van der Waals surface area contributed by atoms with Crippen molar-refractivity contribution < 1.29 is 14.3 Å². The van der Waals surface area contributed by atoms with Crippen molar-refractivity contribution in [2.24, 2.45) is 5.92 Å². The van der Waals surface area contributed by atoms with Crippen molar-refractivity contribution in [2.75, 3.05) is 27.3 Å². The van der Waals surface area contributed by atoms with Crippen molar-refractivity contribution in [3.63, 3.8) is 0 Å². The van der Waals surface area contributed by atoms with E-state index < -0.39 is 0 Å². The maximum Gasteiger partial charge on any atom is 0.225 e. The van der Waals surface area contributed by atoms with Gasteiger partial charge in [0.05, 0.1) is 12.0 Å². The summed E-state index contributed by atoms with van der Waals surface area (Å²) in [6.07, 6.45) is 1.81. The van der Waals surface area contributed by atoms with E-state index in [2.05, 4.69) is 5.32 Å². The molecule has 22 heavy (non-hydrogen) atoms. The lowest BCUT2D eigenvalue weighted by atomic mass is 9.84. The van der Waals surface area contributed by atoms with Crippen LogP contribution in [0.4, 0.5) is 0 Å². The molecule has 1 N–H and O–H groups in total. The van der Waals surface area contributed by atoms with Crippen LogP contribution in [-0.4, -0.2) is 44.0 Å². The van der Waals surface area contributed by atoms with Gasteiger partial charge in [-0.15, -0.1) is 0 Å². The third-order valence-corrected chi connectivity index (χ3v) is 4.16. The number of carbonyl (C=O) groups is 2. The molecule has 1 saturated heterocycles. The van der Waals surface area contributed by atoms with Crippen molar-refractivity contribution in [3.05, 3.63) is 35.9 Å². The van der Waals surface area contributed by atoms with E-state index >= 15 is 0 Å². The fraction of sp³-hybridized carbons (Fsp3) is 0.529. The van der Waals surface area contributed by atoms with Crippen molar-refractivity contribution in [1.82, 2.24) is 10.2 Å². The second-order valence-corrected chi connectivity index (χ2v) is 5.64. The summed E-state index contributed by atoms with van der Waals surface area (Å²) in [5, 5.41) is 2.97. The highest BCUT2D eigenvalue weighted by molar-refractivity contribution is 5.84. The number of amides is 2. The summed E-state index contributed by atoms with van der Waals surface area (Å²) in [5.41, 5.74) is 1.01. The molecule has 0 bridgehead atoms. The number of nitrogens with one attached hydrogen (secondary N) is 1. The summed E-state index contributed by atoms with van der Waals surface area (Å²) in [6, 6.07) is 9.58. The van der Waals surface area contributed by atoms with Crippen LogP contribution in [0.25, 0.3) is 0 Å². The highest BCUT2D eigenvalue weighted by Crippen LogP contribution is 2.35. The normalized spacial score (nSPS) is 21.7. The van der Waals surface area contributed by atoms with Crippen molar-refractivity contribution in [1.29, 1.82) is 0 Å². The van der Waals surface area contributed by atoms with Crippen LogP contribution in [0, 0.1) is 5.92 Å². The summed E-state index contributed by atoms with van der Waals surface area (Å²) in [6.45, 7) is 1.23. The number of rotatable bonds is 6. The molecule has 1 aromatic carbocycles. The van der Waals surface area contributed by atoms with E-state index in [-0.39, 0.29) is 23.8 Å². The van der Waals surface area contributed by atoms with Crippen LogP contribution in [0.2, 0.25) is 0 Å². The second kappa shape index (κ2) is 7.94. The minimum absolute atomic E-state index is 0.0179. The molecule has 0 radical (unpaired) electrons. The summed E-state index contributed by atoms with van der Waals surface area (Å²) < 4.78 is 4.99. The molecule has 2 amide bonds. The summed E-state index contributed by atoms with van der Waals surface area (Å²) in [5.74, 6) is -0.0887. The van der Waals surface area contributed by atoms with Gasteiger partial charge in [-0.3, -0.25) is 9.59 Å². The fourth-order valence-corrected chi connectivity index (χ4v) is 2.98. The topological polar surface area (TPSA) is 58.6 Å². The third kappa shape index (κ3) is 3.85. The fourth-order valence-electron chi connectivity index (χ4n) is 2.98. The predicted octanol–water partition coefficient (Wildman–Crippen LogP) is 1.75. The second-order valence-electron chi connectivity index (χ2n) is 5.64. The molecule has 0 unspecified atom stereocenters. The third-order valence-electron chi connectivity index (χ3n) is 4.16. The SMILES string of the molecule is COCCCNC(=O)[C@@H]1CCC(=O)N(C)[C@@H]1c1ccccc1. The highest BCUT2D eigenvalue weighted by Gasteiger charge is 2.38. The van der Waals surface area contributed by atoms with Crippen molar-refractivity contribution in [3.8, 4) is 0 Å². The molecule has 0 saturated carbocycles. The first kappa shape index (κ1) is 16.5. The number of ether oxygens (including phenoxy) is 1. The van der Waals surface area contributed by atoms with E-state index in [0.29, 0.717) is 26.0 Å². The van der Waals surface area contributed by atoms with E-state index in [9.17, 15) is 9.59 Å². The van der Waals surface area contributed by atoms with Crippen molar-refractivity contribution >= 4 is 11.8 Å². The zero-order valence-corrected chi connectivity index (χ0v) is 13.2. The van der Waals surface area contributed by atoms with Crippen LogP contribution < -0.4 is 5.32 Å². The maximum absolute atomic E-state index is 12.5. The molecule has 1 aliphatic heterocycles. The Labute approximate surface area is 131 Å². The molecular weight excluding hydrogens is 280 g/mol. The lowest BCUT2D eigenvalue weighted by Gasteiger charge is -2.38. The Hall–Kier alpha value is -1.88. The highest BCUT2D eigenvalue weighted by atomic mass is 16.5. The van der Waals surface area contributed by atoms with Gasteiger partial charge in [0.1, 0.15) is 0 Å². The van der Waals surface area contributed by atoms with Gasteiger partial charge in [-0.05, 0) is 18.4 Å². The number of nitrogens with zero attached hydrogens (tertiary/aromatic N) is 1. The molecule has 0 spiro atoms. The molecule has 2 rings (SSSR count). The largest absolute Gasteiger partial charge is 0.385 e. The van der Waals surface area contributed by atoms with Crippen LogP contribution in [-0.2, 0) is 14.3 Å². The molecular formula is C17H24N2O3. The summed E-state index contributed by atoms with van der Waals surface area (Å²) in [4.78, 5) is 26.2. The van der Waals surface area contributed by atoms with Crippen LogP contribution in [0.3, 0.4) is 0 Å². The Kier molecular flexibility index (Phi) is 5.95. The Morgan fingerprint density at radius 1 is 1.36 bits per heavy atom. The van der Waals surface area contributed by atoms with E-state index in [0.717, 1.165) is 12.0 Å². The molecule has 1 fully saturated rings. The Morgan fingerprint density at radius 2 is 2.09 bits per heavy atom. The molecule has 1 heterocycles. The van der Waals surface area contributed by atoms with Crippen LogP contribution >= 0.6 is 0 Å². The number of carbonyl (C=O) groups excluding carboxylic acids is 2. The van der Waals surface area contributed by atoms with Gasteiger partial charge in [0.25, 0.3) is 0 Å². The van der Waals surface area contributed by atoms with Crippen molar-refractivity contribution in [2.45, 2.75) is 25.3 Å². The quantitative estimate of drug-likeness (QED) is 0.815. The number of methoxy groups -OCH3 is 1. The van der Waals surface area contributed by atoms with Gasteiger partial charge in [-0.1, -0.05) is 30.3 Å². The first-order valence-electron chi connectivity index (χ1n) is 7.72. The molecule has 1 aliphatic rings. The smallest absolute Gasteiger partial charge is 0.225 e. The van der Waals surface area contributed by atoms with Gasteiger partial charge in [-0.25, -0.2) is 0 Å². The van der Waals surface area contributed by atoms with Crippen LogP contribution in [0.1, 0.15) is 30.9 Å². The Bertz CT molecular complexity index is 504. The van der Waals surface area contributed by atoms with Gasteiger partial charge in [0.2, 0.25) is 11.8 Å². The maximum atomic E-state index is 12.5. The van der Waals surface area contributed by atoms with Gasteiger partial charge in [0, 0.05) is 33.7 Å². The molecule has 1 aromatic rings. The lowest BCUT2D eigenvalue weighted by molar-refractivity contribution is -0.141. The minimum atomic E-state index is -0.201. The van der Waals surface area contributed by atoms with E-state index in [1.807, 2.05) is 30.3 Å². The zero-order valence-electron chi connectivity index (χ0n) is 13.2. The molecule has 5 nitrogen and oxygen atoms in total. The standard InChI is InChI=1S/C17H24N2O3/c1-19-15(20)10-9-14(17(21)18-11-6-12-22-2)16(19)13-7-4-3-5-8-13/h3-5,7-8,14,16H,6,9-12H2,1-2H3,(H,18,21)/t14-,16-/m1/s1. The first-order valence-corrected chi connectivity index (χ1v) is 7.72. The Morgan fingerprint density at radius 3 is 2.77 bits per heavy atom. The molecule has 2 atom stereocenters. The van der Waals surface area contributed by atoms with Gasteiger partial charge in [-0.2, -0.15) is 0 Å². The first-order chi connectivity index (χ1) is 10.6. The average molecular weight is 304 g/mol. The van der Waals surface area contributed by atoms with E-state index in [4.69, 9.17) is 4.74 Å². The zero-order chi connectivity index (χ0) is 15.9. The van der Waals surface area contributed by atoms with E-state index in [1.54, 1.807) is 19.1 Å². The monoisotopic (exact) mass is 304 g/mol. The average Bonchev–Trinajstić information content (AvgIpc) is 2.54. The number of hydrogen-bond acceptors (Lipinski definition) is 3. The number of likely N-dealkylation sites (tertiary alicyclic amines) is 1. The Balaban J connectivity index is 2.10. The van der Waals surface area contributed by atoms with E-state index in [1.165, 1.54) is 0 Å². The van der Waals surface area contributed by atoms with Crippen LogP contribution in [0.15, 0.2) is 30.3 Å². The molecule has 120 valence electrons. The van der Waals surface area contributed by atoms with Gasteiger partial charge < -0.3 is 15.0 Å². The molecule has 0 aromatic heterocycles. The summed E-state index contributed by atoms with van der Waals surface area (Å²) in [7, 11) is 3.43. The molecule has 5 heteroatoms. The summed E-state index contributed by atoms with van der Waals surface area (Å²) >= 11 is 0. The van der Waals surface area contributed by atoms with Gasteiger partial charge >= 0.3 is 0 Å². The minimum Gasteiger partial charge on any atom is -0.385 e. The predicted molar refractivity (Wildman–Crippen MR) is 84.2 cm³/mol. The lowest BCUT2D eigenvalue weighted by Crippen LogP contribution is -2.46.